The number of aromatic nitrogens is 1. The number of hydrogen-bond donors (Lipinski definition) is 1. The Bertz CT molecular complexity index is 644. The molecule has 0 spiro atoms. The van der Waals surface area contributed by atoms with Crippen LogP contribution in [-0.2, 0) is 10.5 Å². The number of nitrogens with zero attached hydrogens (tertiary/aromatic N) is 1. The van der Waals surface area contributed by atoms with E-state index >= 15 is 0 Å². The third-order valence-corrected chi connectivity index (χ3v) is 6.12. The molecule has 1 saturated carbocycles. The van der Waals surface area contributed by atoms with Gasteiger partial charge in [0.1, 0.15) is 5.76 Å². The second-order valence-corrected chi connectivity index (χ2v) is 8.18. The van der Waals surface area contributed by atoms with E-state index in [0.29, 0.717) is 23.4 Å². The molecule has 2 aromatic rings. The molecule has 2 aromatic heterocycles. The molecule has 1 aliphatic rings. The predicted molar refractivity (Wildman–Crippen MR) is 100 cm³/mol. The van der Waals surface area contributed by atoms with Crippen molar-refractivity contribution in [3.05, 3.63) is 29.0 Å². The summed E-state index contributed by atoms with van der Waals surface area (Å²) in [6.07, 6.45) is 7.34. The number of carbonyl (C=O) groups excluding carboxylic acids is 1. The first-order valence-corrected chi connectivity index (χ1v) is 10.6. The monoisotopic (exact) mass is 364 g/mol. The molecule has 2 heterocycles. The van der Waals surface area contributed by atoms with Crippen LogP contribution in [0.5, 0.6) is 0 Å². The van der Waals surface area contributed by atoms with Crippen molar-refractivity contribution in [2.75, 3.05) is 5.75 Å². The summed E-state index contributed by atoms with van der Waals surface area (Å²) in [5.74, 6) is 2.86. The number of thiophene rings is 1. The van der Waals surface area contributed by atoms with Crippen LogP contribution in [0.2, 0.25) is 0 Å². The number of hydrogen-bond acceptors (Lipinski definition) is 5. The molecule has 130 valence electrons. The van der Waals surface area contributed by atoms with Gasteiger partial charge >= 0.3 is 0 Å². The number of thioether (sulfide) groups is 1. The Morgan fingerprint density at radius 3 is 2.88 bits per heavy atom. The van der Waals surface area contributed by atoms with E-state index in [1.54, 1.807) is 23.1 Å². The van der Waals surface area contributed by atoms with Crippen LogP contribution in [0, 0.1) is 6.92 Å². The Morgan fingerprint density at radius 2 is 2.17 bits per heavy atom. The summed E-state index contributed by atoms with van der Waals surface area (Å²) < 4.78 is 5.74. The number of amides is 1. The predicted octanol–water partition coefficient (Wildman–Crippen LogP) is 4.78. The van der Waals surface area contributed by atoms with Crippen molar-refractivity contribution in [2.45, 2.75) is 57.2 Å². The van der Waals surface area contributed by atoms with Gasteiger partial charge in [0.05, 0.1) is 16.3 Å². The lowest BCUT2D eigenvalue weighted by molar-refractivity contribution is -0.119. The van der Waals surface area contributed by atoms with E-state index in [0.717, 1.165) is 29.2 Å². The highest BCUT2D eigenvalue weighted by atomic mass is 32.2. The van der Waals surface area contributed by atoms with Crippen molar-refractivity contribution in [1.82, 2.24) is 10.3 Å². The lowest BCUT2D eigenvalue weighted by Crippen LogP contribution is -2.35. The van der Waals surface area contributed by atoms with Gasteiger partial charge in [0.2, 0.25) is 11.8 Å². The zero-order chi connectivity index (χ0) is 16.8. The Balaban J connectivity index is 1.45. The van der Waals surface area contributed by atoms with Gasteiger partial charge in [-0.15, -0.1) is 23.1 Å². The number of carbonyl (C=O) groups is 1. The van der Waals surface area contributed by atoms with Crippen molar-refractivity contribution >= 4 is 29.0 Å². The second-order valence-electron chi connectivity index (χ2n) is 6.25. The van der Waals surface area contributed by atoms with Gasteiger partial charge in [0.25, 0.3) is 0 Å². The fourth-order valence-electron chi connectivity index (χ4n) is 3.00. The minimum Gasteiger partial charge on any atom is -0.440 e. The van der Waals surface area contributed by atoms with Crippen LogP contribution >= 0.6 is 23.1 Å². The van der Waals surface area contributed by atoms with Crippen molar-refractivity contribution < 1.29 is 9.21 Å². The van der Waals surface area contributed by atoms with Crippen LogP contribution in [0.4, 0.5) is 0 Å². The molecular weight excluding hydrogens is 340 g/mol. The topological polar surface area (TPSA) is 55.1 Å². The van der Waals surface area contributed by atoms with Gasteiger partial charge in [-0.1, -0.05) is 31.7 Å². The van der Waals surface area contributed by atoms with Gasteiger partial charge in [0, 0.05) is 11.8 Å². The molecule has 0 bridgehead atoms. The maximum atomic E-state index is 12.1. The molecular formula is C18H24N2O2S2. The smallest absolute Gasteiger partial charge is 0.236 e. The maximum absolute atomic E-state index is 12.1. The molecule has 1 N–H and O–H groups in total. The third-order valence-electron chi connectivity index (χ3n) is 4.32. The first kappa shape index (κ1) is 17.5. The van der Waals surface area contributed by atoms with Gasteiger partial charge in [-0.3, -0.25) is 4.79 Å². The average Bonchev–Trinajstić information content (AvgIpc) is 3.14. The van der Waals surface area contributed by atoms with Gasteiger partial charge in [-0.05, 0) is 31.2 Å². The molecule has 1 fully saturated rings. The lowest BCUT2D eigenvalue weighted by atomic mass is 10.1. The molecule has 1 amide bonds. The van der Waals surface area contributed by atoms with Gasteiger partial charge < -0.3 is 9.73 Å². The molecule has 1 aliphatic carbocycles. The quantitative estimate of drug-likeness (QED) is 0.749. The van der Waals surface area contributed by atoms with Crippen LogP contribution in [0.25, 0.3) is 10.8 Å². The largest absolute Gasteiger partial charge is 0.440 e. The Morgan fingerprint density at radius 1 is 1.38 bits per heavy atom. The number of nitrogens with one attached hydrogen (secondary N) is 1. The van der Waals surface area contributed by atoms with Crippen molar-refractivity contribution in [2.24, 2.45) is 0 Å². The van der Waals surface area contributed by atoms with Crippen LogP contribution in [0.15, 0.2) is 21.9 Å². The van der Waals surface area contributed by atoms with Crippen LogP contribution in [0.1, 0.15) is 50.0 Å². The zero-order valence-electron chi connectivity index (χ0n) is 14.0. The normalized spacial score (nSPS) is 16.0. The summed E-state index contributed by atoms with van der Waals surface area (Å²) in [6.45, 7) is 1.94. The van der Waals surface area contributed by atoms with Crippen molar-refractivity contribution in [1.29, 1.82) is 0 Å². The summed E-state index contributed by atoms with van der Waals surface area (Å²) in [5.41, 5.74) is 0.936. The van der Waals surface area contributed by atoms with Crippen LogP contribution < -0.4 is 5.32 Å². The number of oxazole rings is 1. The molecule has 6 heteroatoms. The highest BCUT2D eigenvalue weighted by Gasteiger charge is 2.16. The molecule has 0 aromatic carbocycles. The summed E-state index contributed by atoms with van der Waals surface area (Å²) in [7, 11) is 0. The van der Waals surface area contributed by atoms with Gasteiger partial charge in [-0.2, -0.15) is 0 Å². The van der Waals surface area contributed by atoms with E-state index in [-0.39, 0.29) is 5.91 Å². The van der Waals surface area contributed by atoms with E-state index < -0.39 is 0 Å². The molecule has 3 rings (SSSR count). The molecule has 24 heavy (non-hydrogen) atoms. The highest BCUT2D eigenvalue weighted by Crippen LogP contribution is 2.27. The summed E-state index contributed by atoms with van der Waals surface area (Å²) in [4.78, 5) is 17.7. The van der Waals surface area contributed by atoms with E-state index in [4.69, 9.17) is 4.42 Å². The van der Waals surface area contributed by atoms with Crippen molar-refractivity contribution in [3.8, 4) is 10.8 Å². The Labute approximate surface area is 151 Å². The minimum atomic E-state index is 0.145. The van der Waals surface area contributed by atoms with E-state index in [2.05, 4.69) is 10.3 Å². The lowest BCUT2D eigenvalue weighted by Gasteiger charge is -2.15. The second kappa shape index (κ2) is 8.72. The zero-order valence-corrected chi connectivity index (χ0v) is 15.7. The highest BCUT2D eigenvalue weighted by molar-refractivity contribution is 7.99. The van der Waals surface area contributed by atoms with Crippen LogP contribution in [-0.4, -0.2) is 22.7 Å². The molecule has 0 saturated heterocycles. The maximum Gasteiger partial charge on any atom is 0.236 e. The van der Waals surface area contributed by atoms with Gasteiger partial charge in [-0.25, -0.2) is 4.98 Å². The molecule has 0 unspecified atom stereocenters. The Hall–Kier alpha value is -1.27. The molecule has 0 radical (unpaired) electrons. The SMILES string of the molecule is Cc1oc(-c2cccs2)nc1CSCC(=O)NC1CCCCCC1. The summed E-state index contributed by atoms with van der Waals surface area (Å²) in [5, 5.41) is 5.20. The standard InChI is InChI=1S/C18H24N2O2S2/c1-13-15(20-18(22-13)16-9-6-10-24-16)11-23-12-17(21)19-14-7-4-2-3-5-8-14/h6,9-10,14H,2-5,7-8,11-12H2,1H3,(H,19,21). The molecule has 0 aliphatic heterocycles. The Kier molecular flexibility index (Phi) is 6.37. The van der Waals surface area contributed by atoms with E-state index in [1.165, 1.54) is 25.7 Å². The first-order valence-electron chi connectivity index (χ1n) is 8.59. The first-order chi connectivity index (χ1) is 11.7. The molecule has 4 nitrogen and oxygen atoms in total. The number of rotatable bonds is 6. The fourth-order valence-corrected chi connectivity index (χ4v) is 4.48. The third kappa shape index (κ3) is 4.86. The number of aryl methyl sites for hydroxylation is 1. The van der Waals surface area contributed by atoms with Gasteiger partial charge in [0.15, 0.2) is 0 Å². The summed E-state index contributed by atoms with van der Waals surface area (Å²) >= 11 is 3.22. The average molecular weight is 365 g/mol. The van der Waals surface area contributed by atoms with Crippen molar-refractivity contribution in [3.63, 3.8) is 0 Å². The molecule has 0 atom stereocenters. The summed E-state index contributed by atoms with van der Waals surface area (Å²) in [6, 6.07) is 4.37. The minimum absolute atomic E-state index is 0.145. The van der Waals surface area contributed by atoms with E-state index in [9.17, 15) is 4.79 Å². The van der Waals surface area contributed by atoms with E-state index in [1.807, 2.05) is 24.4 Å². The van der Waals surface area contributed by atoms with Crippen LogP contribution in [0.3, 0.4) is 0 Å². The fraction of sp³-hybridized carbons (Fsp3) is 0.556.